The minimum absolute atomic E-state index is 0.444. The van der Waals surface area contributed by atoms with Crippen LogP contribution in [0.4, 0.5) is 0 Å². The third-order valence-electron chi connectivity index (χ3n) is 8.05. The van der Waals surface area contributed by atoms with Gasteiger partial charge < -0.3 is 4.74 Å². The monoisotopic (exact) mass is 437 g/mol. The summed E-state index contributed by atoms with van der Waals surface area (Å²) < 4.78 is 8.93. The molecular weight excluding hydrogens is 404 g/mol. The van der Waals surface area contributed by atoms with Gasteiger partial charge in [0.15, 0.2) is 0 Å². The summed E-state index contributed by atoms with van der Waals surface area (Å²) in [6.07, 6.45) is 6.54. The molecule has 6 rings (SSSR count). The molecule has 0 bridgehead atoms. The van der Waals surface area contributed by atoms with Gasteiger partial charge in [0.25, 0.3) is 11.6 Å². The van der Waals surface area contributed by atoms with Gasteiger partial charge in [-0.3, -0.25) is 0 Å². The summed E-state index contributed by atoms with van der Waals surface area (Å²) in [4.78, 5) is 5.21. The molecule has 2 aliphatic rings. The molecule has 1 aliphatic carbocycles. The van der Waals surface area contributed by atoms with Crippen LogP contribution in [0.5, 0.6) is 11.6 Å². The van der Waals surface area contributed by atoms with Crippen LogP contribution in [-0.4, -0.2) is 4.98 Å². The van der Waals surface area contributed by atoms with Crippen molar-refractivity contribution in [1.29, 1.82) is 0 Å². The largest absolute Gasteiger partial charge is 0.433 e. The molecule has 0 N–H and O–H groups in total. The molecular formula is C30H33N2O+. The van der Waals surface area contributed by atoms with Gasteiger partial charge in [0, 0.05) is 11.5 Å². The number of fused-ring (bicyclic) bond motifs is 3. The molecule has 33 heavy (non-hydrogen) atoms. The Morgan fingerprint density at radius 1 is 1.09 bits per heavy atom. The maximum Gasteiger partial charge on any atom is 0.294 e. The minimum Gasteiger partial charge on any atom is -0.433 e. The van der Waals surface area contributed by atoms with Crippen LogP contribution in [0.25, 0.3) is 33.1 Å². The van der Waals surface area contributed by atoms with Crippen molar-refractivity contribution in [1.82, 2.24) is 4.98 Å². The van der Waals surface area contributed by atoms with Gasteiger partial charge in [-0.25, -0.2) is 4.98 Å². The number of benzene rings is 3. The fourth-order valence-corrected chi connectivity index (χ4v) is 6.01. The van der Waals surface area contributed by atoms with Crippen molar-refractivity contribution < 1.29 is 9.30 Å². The Morgan fingerprint density at radius 2 is 1.88 bits per heavy atom. The first kappa shape index (κ1) is 20.7. The van der Waals surface area contributed by atoms with E-state index in [-0.39, 0.29) is 0 Å². The predicted octanol–water partition coefficient (Wildman–Crippen LogP) is 7.46. The third kappa shape index (κ3) is 3.16. The van der Waals surface area contributed by atoms with Crippen LogP contribution in [0.15, 0.2) is 36.4 Å². The zero-order chi connectivity index (χ0) is 22.9. The Labute approximate surface area is 196 Å². The molecule has 0 atom stereocenters. The van der Waals surface area contributed by atoms with E-state index in [0.29, 0.717) is 5.92 Å². The average molecular weight is 438 g/mol. The van der Waals surface area contributed by atoms with Crippen molar-refractivity contribution in [2.45, 2.75) is 65.7 Å². The Bertz CT molecular complexity index is 1430. The lowest BCUT2D eigenvalue weighted by Crippen LogP contribution is -2.34. The van der Waals surface area contributed by atoms with Crippen molar-refractivity contribution in [3.05, 3.63) is 58.7 Å². The fourth-order valence-electron chi connectivity index (χ4n) is 6.01. The zero-order valence-corrected chi connectivity index (χ0v) is 20.5. The molecule has 0 unspecified atom stereocenters. The van der Waals surface area contributed by atoms with Gasteiger partial charge in [0.05, 0.1) is 5.56 Å². The maximum atomic E-state index is 6.62. The van der Waals surface area contributed by atoms with Crippen molar-refractivity contribution in [2.24, 2.45) is 13.0 Å². The van der Waals surface area contributed by atoms with E-state index in [1.54, 1.807) is 0 Å². The van der Waals surface area contributed by atoms with E-state index < -0.39 is 0 Å². The van der Waals surface area contributed by atoms with Gasteiger partial charge in [-0.2, -0.15) is 4.57 Å². The quantitative estimate of drug-likeness (QED) is 0.274. The van der Waals surface area contributed by atoms with Crippen molar-refractivity contribution >= 4 is 21.8 Å². The third-order valence-corrected chi connectivity index (χ3v) is 8.05. The highest BCUT2D eigenvalue weighted by Crippen LogP contribution is 2.48. The molecule has 2 heterocycles. The molecule has 0 spiro atoms. The molecule has 1 aliphatic heterocycles. The van der Waals surface area contributed by atoms with Gasteiger partial charge in [-0.05, 0) is 65.8 Å². The van der Waals surface area contributed by atoms with Crippen LogP contribution in [0.2, 0.25) is 0 Å². The number of rotatable bonds is 3. The Morgan fingerprint density at radius 3 is 2.64 bits per heavy atom. The number of nitrogens with zero attached hydrogens (tertiary/aromatic N) is 2. The summed E-state index contributed by atoms with van der Waals surface area (Å²) in [6, 6.07) is 13.6. The highest BCUT2D eigenvalue weighted by molar-refractivity contribution is 6.05. The maximum absolute atomic E-state index is 6.62. The highest BCUT2D eigenvalue weighted by atomic mass is 16.5. The second-order valence-corrected chi connectivity index (χ2v) is 10.5. The topological polar surface area (TPSA) is 26.0 Å². The number of aromatic nitrogens is 2. The molecule has 0 saturated heterocycles. The molecule has 1 saturated carbocycles. The van der Waals surface area contributed by atoms with Crippen LogP contribution in [-0.2, 0) is 13.5 Å². The van der Waals surface area contributed by atoms with E-state index in [0.717, 1.165) is 35.2 Å². The Hall–Kier alpha value is -2.94. The SMILES string of the molecule is Cc1cc2cc(C(C)C)cc3c2c(c1C)-c1c(nc2c(CC4CCCC4)cccc2[n+]1C)O3. The number of aryl methyl sites for hydroxylation is 2. The fraction of sp³-hybridized carbons (Fsp3) is 0.400. The van der Waals surface area contributed by atoms with Gasteiger partial charge in [-0.15, -0.1) is 0 Å². The van der Waals surface area contributed by atoms with Crippen LogP contribution < -0.4 is 9.30 Å². The van der Waals surface area contributed by atoms with E-state index in [4.69, 9.17) is 9.72 Å². The van der Waals surface area contributed by atoms with E-state index in [1.807, 2.05) is 0 Å². The predicted molar refractivity (Wildman–Crippen MR) is 135 cm³/mol. The smallest absolute Gasteiger partial charge is 0.294 e. The molecule has 3 heteroatoms. The molecule has 168 valence electrons. The summed E-state index contributed by atoms with van der Waals surface area (Å²) in [5, 5.41) is 2.48. The summed E-state index contributed by atoms with van der Waals surface area (Å²) in [5.41, 5.74) is 9.93. The van der Waals surface area contributed by atoms with Crippen molar-refractivity contribution in [3.8, 4) is 22.9 Å². The molecule has 4 aromatic rings. The van der Waals surface area contributed by atoms with Crippen LogP contribution in [0.1, 0.15) is 67.7 Å². The van der Waals surface area contributed by atoms with Crippen LogP contribution in [0, 0.1) is 19.8 Å². The van der Waals surface area contributed by atoms with E-state index in [1.165, 1.54) is 69.8 Å². The van der Waals surface area contributed by atoms with E-state index >= 15 is 0 Å². The lowest BCUT2D eigenvalue weighted by molar-refractivity contribution is -0.634. The van der Waals surface area contributed by atoms with Crippen LogP contribution >= 0.6 is 0 Å². The summed E-state index contributed by atoms with van der Waals surface area (Å²) in [5.74, 6) is 2.92. The highest BCUT2D eigenvalue weighted by Gasteiger charge is 2.34. The number of hydrogen-bond acceptors (Lipinski definition) is 2. The van der Waals surface area contributed by atoms with Gasteiger partial charge in [0.2, 0.25) is 5.52 Å². The summed E-state index contributed by atoms with van der Waals surface area (Å²) in [7, 11) is 2.17. The molecule has 1 aromatic heterocycles. The first-order valence-electron chi connectivity index (χ1n) is 12.5. The summed E-state index contributed by atoms with van der Waals surface area (Å²) in [6.45, 7) is 8.94. The average Bonchev–Trinajstić information content (AvgIpc) is 3.30. The second kappa shape index (κ2) is 7.55. The molecule has 0 radical (unpaired) electrons. The van der Waals surface area contributed by atoms with E-state index in [9.17, 15) is 0 Å². The van der Waals surface area contributed by atoms with Gasteiger partial charge in [0.1, 0.15) is 18.3 Å². The number of hydrogen-bond donors (Lipinski definition) is 0. The Kier molecular flexibility index (Phi) is 4.72. The first-order chi connectivity index (χ1) is 15.9. The molecule has 1 fully saturated rings. The van der Waals surface area contributed by atoms with Gasteiger partial charge in [-0.1, -0.05) is 63.8 Å². The van der Waals surface area contributed by atoms with Gasteiger partial charge >= 0.3 is 0 Å². The first-order valence-corrected chi connectivity index (χ1v) is 12.5. The lowest BCUT2D eigenvalue weighted by Gasteiger charge is -2.23. The number of para-hydroxylation sites is 1. The van der Waals surface area contributed by atoms with Crippen molar-refractivity contribution in [3.63, 3.8) is 0 Å². The normalized spacial score (nSPS) is 15.5. The molecule has 0 amide bonds. The second-order valence-electron chi connectivity index (χ2n) is 10.5. The molecule has 3 aromatic carbocycles. The summed E-state index contributed by atoms with van der Waals surface area (Å²) >= 11 is 0. The zero-order valence-electron chi connectivity index (χ0n) is 20.5. The van der Waals surface area contributed by atoms with E-state index in [2.05, 4.69) is 75.7 Å². The minimum atomic E-state index is 0.444. The van der Waals surface area contributed by atoms with Crippen molar-refractivity contribution in [2.75, 3.05) is 0 Å². The number of ether oxygens (including phenoxy) is 1. The standard InChI is InChI=1S/C30H33N2O/c1-17(2)22-15-23-13-18(3)19(4)26-27(23)25(16-22)33-30-29(26)32(5)24-12-8-11-21(28(24)31-30)14-20-9-6-7-10-20/h8,11-13,15-17,20H,6-7,9-10,14H2,1-5H3/q+1. The molecule has 3 nitrogen and oxygen atoms in total. The lowest BCUT2D eigenvalue weighted by atomic mass is 9.88. The Balaban J connectivity index is 1.64. The van der Waals surface area contributed by atoms with Crippen LogP contribution in [0.3, 0.4) is 0 Å².